The van der Waals surface area contributed by atoms with Gasteiger partial charge in [0.25, 0.3) is 0 Å². The SMILES string of the molecule is Br.N[C@@H](C(=O)N[C@@H](C(=O)O)c1ccccc1)c1ccccc1. The van der Waals surface area contributed by atoms with Crippen LogP contribution < -0.4 is 11.1 Å². The molecule has 0 bridgehead atoms. The molecule has 0 saturated carbocycles. The van der Waals surface area contributed by atoms with E-state index >= 15 is 0 Å². The smallest absolute Gasteiger partial charge is 0.330 e. The molecule has 2 rings (SSSR count). The molecule has 1 amide bonds. The number of benzene rings is 2. The number of aliphatic carboxylic acids is 1. The summed E-state index contributed by atoms with van der Waals surface area (Å²) in [4.78, 5) is 23.5. The molecule has 2 atom stereocenters. The number of carbonyl (C=O) groups excluding carboxylic acids is 1. The van der Waals surface area contributed by atoms with Crippen molar-refractivity contribution in [2.75, 3.05) is 0 Å². The molecule has 0 spiro atoms. The lowest BCUT2D eigenvalue weighted by Gasteiger charge is -2.18. The van der Waals surface area contributed by atoms with Gasteiger partial charge in [0.1, 0.15) is 6.04 Å². The van der Waals surface area contributed by atoms with Crippen molar-refractivity contribution in [3.63, 3.8) is 0 Å². The van der Waals surface area contributed by atoms with E-state index in [4.69, 9.17) is 5.73 Å². The number of amides is 1. The third kappa shape index (κ3) is 4.41. The summed E-state index contributed by atoms with van der Waals surface area (Å²) in [5.41, 5.74) is 6.99. The molecule has 22 heavy (non-hydrogen) atoms. The first kappa shape index (κ1) is 17.9. The molecule has 0 fully saturated rings. The van der Waals surface area contributed by atoms with E-state index in [1.165, 1.54) is 0 Å². The first-order valence-electron chi connectivity index (χ1n) is 6.48. The van der Waals surface area contributed by atoms with Gasteiger partial charge in [-0.1, -0.05) is 60.7 Å². The van der Waals surface area contributed by atoms with Gasteiger partial charge in [-0.25, -0.2) is 4.79 Å². The number of nitrogens with one attached hydrogen (secondary N) is 1. The quantitative estimate of drug-likeness (QED) is 0.758. The van der Waals surface area contributed by atoms with Crippen LogP contribution in [0.15, 0.2) is 60.7 Å². The van der Waals surface area contributed by atoms with E-state index in [-0.39, 0.29) is 17.0 Å². The predicted octanol–water partition coefficient (Wildman–Crippen LogP) is 2.21. The summed E-state index contributed by atoms with van der Waals surface area (Å²) in [5, 5.41) is 11.7. The topological polar surface area (TPSA) is 92.4 Å². The van der Waals surface area contributed by atoms with Crippen molar-refractivity contribution < 1.29 is 14.7 Å². The van der Waals surface area contributed by atoms with Gasteiger partial charge in [-0.3, -0.25) is 4.79 Å². The van der Waals surface area contributed by atoms with Gasteiger partial charge in [-0.2, -0.15) is 0 Å². The molecule has 0 heterocycles. The normalized spacial score (nSPS) is 12.6. The molecule has 0 aliphatic carbocycles. The Bertz CT molecular complexity index is 620. The second kappa shape index (κ2) is 8.31. The second-order valence-electron chi connectivity index (χ2n) is 4.58. The van der Waals surface area contributed by atoms with E-state index in [0.717, 1.165) is 0 Å². The molecule has 0 aliphatic heterocycles. The molecule has 4 N–H and O–H groups in total. The molecule has 2 aromatic carbocycles. The third-order valence-corrected chi connectivity index (χ3v) is 3.11. The maximum atomic E-state index is 12.1. The van der Waals surface area contributed by atoms with Crippen LogP contribution in [0.3, 0.4) is 0 Å². The number of carboxylic acids is 1. The monoisotopic (exact) mass is 364 g/mol. The van der Waals surface area contributed by atoms with Crippen molar-refractivity contribution in [1.29, 1.82) is 0 Å². The van der Waals surface area contributed by atoms with Crippen LogP contribution in [0, 0.1) is 0 Å². The van der Waals surface area contributed by atoms with Crippen LogP contribution in [0.5, 0.6) is 0 Å². The summed E-state index contributed by atoms with van der Waals surface area (Å²) in [6.45, 7) is 0. The first-order valence-corrected chi connectivity index (χ1v) is 6.48. The van der Waals surface area contributed by atoms with Crippen LogP contribution in [0.1, 0.15) is 23.2 Å². The number of hydrogen-bond acceptors (Lipinski definition) is 3. The second-order valence-corrected chi connectivity index (χ2v) is 4.58. The molecule has 0 aromatic heterocycles. The fourth-order valence-electron chi connectivity index (χ4n) is 1.98. The summed E-state index contributed by atoms with van der Waals surface area (Å²) < 4.78 is 0. The van der Waals surface area contributed by atoms with Crippen molar-refractivity contribution in [2.24, 2.45) is 5.73 Å². The third-order valence-electron chi connectivity index (χ3n) is 3.11. The van der Waals surface area contributed by atoms with Crippen LogP contribution >= 0.6 is 17.0 Å². The van der Waals surface area contributed by atoms with Gasteiger partial charge in [0.05, 0.1) is 0 Å². The van der Waals surface area contributed by atoms with Gasteiger partial charge in [0, 0.05) is 0 Å². The van der Waals surface area contributed by atoms with Gasteiger partial charge in [-0.05, 0) is 11.1 Å². The van der Waals surface area contributed by atoms with Gasteiger partial charge in [-0.15, -0.1) is 17.0 Å². The number of carbonyl (C=O) groups is 2. The maximum absolute atomic E-state index is 12.1. The number of hydrogen-bond donors (Lipinski definition) is 3. The Morgan fingerprint density at radius 1 is 0.909 bits per heavy atom. The van der Waals surface area contributed by atoms with E-state index in [1.54, 1.807) is 54.6 Å². The average molecular weight is 365 g/mol. The number of nitrogens with two attached hydrogens (primary N) is 1. The van der Waals surface area contributed by atoms with E-state index in [0.29, 0.717) is 11.1 Å². The predicted molar refractivity (Wildman–Crippen MR) is 88.7 cm³/mol. The van der Waals surface area contributed by atoms with Gasteiger partial charge < -0.3 is 16.2 Å². The molecule has 5 nitrogen and oxygen atoms in total. The van der Waals surface area contributed by atoms with Crippen LogP contribution in [-0.2, 0) is 9.59 Å². The molecule has 0 aliphatic rings. The number of rotatable bonds is 5. The molecular weight excluding hydrogens is 348 g/mol. The number of carboxylic acid groups (broad SMARTS) is 1. The highest BCUT2D eigenvalue weighted by Gasteiger charge is 2.25. The summed E-state index contributed by atoms with van der Waals surface area (Å²) in [5.74, 6) is -1.66. The fourth-order valence-corrected chi connectivity index (χ4v) is 1.98. The van der Waals surface area contributed by atoms with Gasteiger partial charge >= 0.3 is 5.97 Å². The number of halogens is 1. The van der Waals surface area contributed by atoms with Gasteiger partial charge in [0.15, 0.2) is 6.04 Å². The Morgan fingerprint density at radius 3 is 1.82 bits per heavy atom. The van der Waals surface area contributed by atoms with Crippen molar-refractivity contribution >= 4 is 28.9 Å². The Balaban J connectivity index is 0.00000242. The van der Waals surface area contributed by atoms with Crippen LogP contribution in [0.25, 0.3) is 0 Å². The zero-order valence-corrected chi connectivity index (χ0v) is 13.4. The summed E-state index contributed by atoms with van der Waals surface area (Å²) in [6, 6.07) is 15.3. The zero-order valence-electron chi connectivity index (χ0n) is 11.7. The largest absolute Gasteiger partial charge is 0.479 e. The van der Waals surface area contributed by atoms with E-state index in [2.05, 4.69) is 5.32 Å². The standard InChI is InChI=1S/C16H16N2O3.BrH/c17-13(11-7-3-1-4-8-11)15(19)18-14(16(20)21)12-9-5-2-6-10-12;/h1-10,13-14H,17H2,(H,18,19)(H,20,21);1H/t13-,14-;/m1./s1. The highest BCUT2D eigenvalue weighted by Crippen LogP contribution is 2.15. The fraction of sp³-hybridized carbons (Fsp3) is 0.125. The lowest BCUT2D eigenvalue weighted by atomic mass is 10.0. The minimum Gasteiger partial charge on any atom is -0.479 e. The summed E-state index contributed by atoms with van der Waals surface area (Å²) in [7, 11) is 0. The van der Waals surface area contributed by atoms with E-state index < -0.39 is 24.0 Å². The molecule has 0 radical (unpaired) electrons. The van der Waals surface area contributed by atoms with Crippen molar-refractivity contribution in [3.05, 3.63) is 71.8 Å². The van der Waals surface area contributed by atoms with Crippen LogP contribution in [0.4, 0.5) is 0 Å². The van der Waals surface area contributed by atoms with E-state index in [9.17, 15) is 14.7 Å². The van der Waals surface area contributed by atoms with Gasteiger partial charge in [0.2, 0.25) is 5.91 Å². The highest BCUT2D eigenvalue weighted by atomic mass is 79.9. The molecule has 116 valence electrons. The zero-order chi connectivity index (χ0) is 15.2. The minimum absolute atomic E-state index is 0. The average Bonchev–Trinajstić information content (AvgIpc) is 2.53. The Morgan fingerprint density at radius 2 is 1.36 bits per heavy atom. The van der Waals surface area contributed by atoms with Crippen molar-refractivity contribution in [2.45, 2.75) is 12.1 Å². The molecule has 6 heteroatoms. The minimum atomic E-state index is -1.13. The van der Waals surface area contributed by atoms with Crippen LogP contribution in [0.2, 0.25) is 0 Å². The molecule has 0 saturated heterocycles. The maximum Gasteiger partial charge on any atom is 0.330 e. The summed E-state index contributed by atoms with van der Waals surface area (Å²) in [6.07, 6.45) is 0. The van der Waals surface area contributed by atoms with Crippen molar-refractivity contribution in [1.82, 2.24) is 5.32 Å². The Kier molecular flexibility index (Phi) is 6.75. The first-order chi connectivity index (χ1) is 10.1. The highest BCUT2D eigenvalue weighted by molar-refractivity contribution is 8.93. The lowest BCUT2D eigenvalue weighted by Crippen LogP contribution is -2.39. The molecule has 2 aromatic rings. The lowest BCUT2D eigenvalue weighted by molar-refractivity contribution is -0.142. The molecular formula is C16H17BrN2O3. The summed E-state index contributed by atoms with van der Waals surface area (Å²) >= 11 is 0. The molecule has 0 unspecified atom stereocenters. The van der Waals surface area contributed by atoms with Crippen molar-refractivity contribution in [3.8, 4) is 0 Å². The Hall–Kier alpha value is -2.18. The Labute approximate surface area is 138 Å². The van der Waals surface area contributed by atoms with E-state index in [1.807, 2.05) is 6.07 Å². The van der Waals surface area contributed by atoms with Crippen LogP contribution in [-0.4, -0.2) is 17.0 Å².